The fourth-order valence-electron chi connectivity index (χ4n) is 6.24. The molecule has 6 rings (SSSR count). The normalized spacial score (nSPS) is 23.1. The molecule has 3 aromatic heterocycles. The quantitative estimate of drug-likeness (QED) is 0.212. The minimum absolute atomic E-state index is 0.0289. The van der Waals surface area contributed by atoms with Gasteiger partial charge < -0.3 is 24.0 Å². The molecule has 3 aromatic rings. The van der Waals surface area contributed by atoms with Crippen LogP contribution in [0.4, 0.5) is 15.6 Å². The van der Waals surface area contributed by atoms with Crippen LogP contribution in [0.5, 0.6) is 0 Å². The molecule has 0 saturated carbocycles. The monoisotopic (exact) mass is 623 g/mol. The Kier molecular flexibility index (Phi) is 7.33. The fourth-order valence-corrected chi connectivity index (χ4v) is 7.68. The lowest BCUT2D eigenvalue weighted by Crippen LogP contribution is -2.50. The summed E-state index contributed by atoms with van der Waals surface area (Å²) in [7, 11) is 3.79. The number of aliphatic imine (C=N–C) groups is 1. The topological polar surface area (TPSA) is 137 Å². The largest absolute Gasteiger partial charge is 0.444 e. The number of nitrogens with zero attached hydrogens (tertiary/aromatic N) is 9. The Morgan fingerprint density at radius 1 is 1.30 bits per heavy atom. The lowest BCUT2D eigenvalue weighted by atomic mass is 9.72. The van der Waals surface area contributed by atoms with Crippen LogP contribution in [0.15, 0.2) is 15.6 Å². The van der Waals surface area contributed by atoms with Crippen molar-refractivity contribution in [3.05, 3.63) is 33.2 Å². The Hall–Kier alpha value is -3.76. The molecule has 2 aliphatic heterocycles. The number of amides is 1. The number of likely N-dealkylation sites (tertiary alicyclic amines) is 1. The number of hydrogen-bond acceptors (Lipinski definition) is 11. The van der Waals surface area contributed by atoms with Crippen molar-refractivity contribution in [1.29, 1.82) is 5.26 Å². The molecule has 12 nitrogen and oxygen atoms in total. The van der Waals surface area contributed by atoms with Gasteiger partial charge in [0.1, 0.15) is 28.2 Å². The highest BCUT2D eigenvalue weighted by molar-refractivity contribution is 7.16. The van der Waals surface area contributed by atoms with Crippen molar-refractivity contribution >= 4 is 46.2 Å². The molecule has 1 aliphatic carbocycles. The van der Waals surface area contributed by atoms with Crippen LogP contribution in [0.2, 0.25) is 5.28 Å². The average Bonchev–Trinajstić information content (AvgIpc) is 3.73. The number of anilines is 1. The van der Waals surface area contributed by atoms with Crippen molar-refractivity contribution in [2.24, 2.45) is 4.99 Å². The molecule has 1 amide bonds. The summed E-state index contributed by atoms with van der Waals surface area (Å²) in [6, 6.07) is 4.31. The van der Waals surface area contributed by atoms with Crippen molar-refractivity contribution in [2.75, 3.05) is 32.1 Å². The van der Waals surface area contributed by atoms with E-state index in [-0.39, 0.29) is 23.5 Å². The van der Waals surface area contributed by atoms with Gasteiger partial charge in [0.2, 0.25) is 17.0 Å². The first kappa shape index (κ1) is 29.3. The van der Waals surface area contributed by atoms with Crippen LogP contribution in [-0.2, 0) is 16.6 Å². The highest BCUT2D eigenvalue weighted by Gasteiger charge is 2.47. The van der Waals surface area contributed by atoms with Crippen LogP contribution in [0.3, 0.4) is 0 Å². The zero-order valence-corrected chi connectivity index (χ0v) is 26.7. The molecule has 0 unspecified atom stereocenters. The van der Waals surface area contributed by atoms with Crippen molar-refractivity contribution in [2.45, 2.75) is 76.5 Å². The zero-order valence-electron chi connectivity index (χ0n) is 25.1. The van der Waals surface area contributed by atoms with E-state index in [4.69, 9.17) is 25.8 Å². The summed E-state index contributed by atoms with van der Waals surface area (Å²) in [5.41, 5.74) is 0.715. The number of fused-ring (bicyclic) bond motifs is 3. The minimum atomic E-state index is -0.648. The van der Waals surface area contributed by atoms with E-state index in [1.807, 2.05) is 52.8 Å². The van der Waals surface area contributed by atoms with E-state index in [0.29, 0.717) is 46.9 Å². The Bertz CT molecular complexity index is 1640. The highest BCUT2D eigenvalue weighted by Crippen LogP contribution is 2.50. The van der Waals surface area contributed by atoms with Crippen molar-refractivity contribution in [1.82, 2.24) is 29.9 Å². The van der Waals surface area contributed by atoms with E-state index < -0.39 is 11.0 Å². The van der Waals surface area contributed by atoms with Crippen LogP contribution in [-0.4, -0.2) is 87.2 Å². The maximum atomic E-state index is 12.7. The molecule has 2 saturated heterocycles. The van der Waals surface area contributed by atoms with Crippen molar-refractivity contribution < 1.29 is 14.1 Å². The Morgan fingerprint density at radius 3 is 2.77 bits per heavy atom. The second-order valence-corrected chi connectivity index (χ2v) is 14.1. The molecular formula is C29H34ClN9O3S. The van der Waals surface area contributed by atoms with Gasteiger partial charge in [-0.15, -0.1) is 11.3 Å². The van der Waals surface area contributed by atoms with Crippen molar-refractivity contribution in [3.63, 3.8) is 0 Å². The second-order valence-electron chi connectivity index (χ2n) is 12.7. The highest BCUT2D eigenvalue weighted by atomic mass is 35.5. The van der Waals surface area contributed by atoms with E-state index in [9.17, 15) is 10.1 Å². The molecule has 2 bridgehead atoms. The number of piperazine rings is 1. The second kappa shape index (κ2) is 10.7. The van der Waals surface area contributed by atoms with Gasteiger partial charge in [-0.05, 0) is 65.0 Å². The predicted octanol–water partition coefficient (Wildman–Crippen LogP) is 5.17. The molecule has 3 aliphatic rings. The van der Waals surface area contributed by atoms with Gasteiger partial charge in [-0.2, -0.15) is 10.2 Å². The van der Waals surface area contributed by atoms with Crippen LogP contribution >= 0.6 is 22.9 Å². The first-order valence-electron chi connectivity index (χ1n) is 14.3. The number of hydrogen-bond donors (Lipinski definition) is 0. The fraction of sp³-hybridized carbons (Fsp3) is 0.552. The molecule has 0 radical (unpaired) electrons. The molecule has 5 heterocycles. The van der Waals surface area contributed by atoms with Gasteiger partial charge in [-0.1, -0.05) is 5.16 Å². The Morgan fingerprint density at radius 2 is 2.09 bits per heavy atom. The smallest absolute Gasteiger partial charge is 0.410 e. The standard InChI is InChI=1S/C29H34ClN9O3S/c1-28(2,3)41-27(40)39-14-16-10-17(39)13-38(16)21-11-19(33-26(30)34-21)23-35-25(42-36-23)29(4)9-7-8-20-22(29)18(12-31)24(43-20)32-15-37(5)6/h11,15-17H,7-10,13-14H2,1-6H3/b32-15+/t16-,17-,29-/m0/s1. The number of ether oxygens (including phenoxy) is 1. The van der Waals surface area contributed by atoms with E-state index in [1.54, 1.807) is 22.6 Å². The lowest BCUT2D eigenvalue weighted by Gasteiger charge is -2.35. The molecule has 2 fully saturated rings. The SMILES string of the molecule is CN(C)/C=N/c1sc2c(c1C#N)[C@@](C)(c1nc(-c3cc(N4C[C@@H]5C[C@H]4CN5C(=O)OC(C)(C)C)nc(Cl)n3)no1)CCC2. The average molecular weight is 624 g/mol. The van der Waals surface area contributed by atoms with Crippen LogP contribution in [0.25, 0.3) is 11.5 Å². The number of aryl methyl sites for hydroxylation is 1. The third-order valence-electron chi connectivity index (χ3n) is 8.09. The van der Waals surface area contributed by atoms with Crippen LogP contribution in [0, 0.1) is 11.3 Å². The maximum Gasteiger partial charge on any atom is 0.410 e. The Labute approximate surface area is 259 Å². The van der Waals surface area contributed by atoms with E-state index >= 15 is 0 Å². The number of carbonyl (C=O) groups is 1. The summed E-state index contributed by atoms with van der Waals surface area (Å²) in [6.45, 7) is 8.82. The summed E-state index contributed by atoms with van der Waals surface area (Å²) in [5.74, 6) is 1.37. The van der Waals surface area contributed by atoms with Gasteiger partial charge in [0.05, 0.1) is 29.4 Å². The van der Waals surface area contributed by atoms with Gasteiger partial charge in [0.15, 0.2) is 0 Å². The molecule has 0 aromatic carbocycles. The third kappa shape index (κ3) is 5.42. The summed E-state index contributed by atoms with van der Waals surface area (Å²) in [5, 5.41) is 15.2. The molecule has 226 valence electrons. The van der Waals surface area contributed by atoms with Gasteiger partial charge in [0, 0.05) is 43.7 Å². The summed E-state index contributed by atoms with van der Waals surface area (Å²) in [6.07, 6.45) is 4.79. The van der Waals surface area contributed by atoms with Gasteiger partial charge in [-0.3, -0.25) is 0 Å². The van der Waals surface area contributed by atoms with E-state index in [0.717, 1.165) is 36.1 Å². The summed E-state index contributed by atoms with van der Waals surface area (Å²) < 4.78 is 11.5. The van der Waals surface area contributed by atoms with Gasteiger partial charge in [-0.25, -0.2) is 19.8 Å². The first-order chi connectivity index (χ1) is 20.4. The first-order valence-corrected chi connectivity index (χ1v) is 15.5. The lowest BCUT2D eigenvalue weighted by molar-refractivity contribution is 0.0214. The molecular weight excluding hydrogens is 590 g/mol. The van der Waals surface area contributed by atoms with E-state index in [1.165, 1.54) is 0 Å². The van der Waals surface area contributed by atoms with Crippen LogP contribution in [0.1, 0.15) is 68.9 Å². The van der Waals surface area contributed by atoms with E-state index in [2.05, 4.69) is 31.1 Å². The number of aromatic nitrogens is 4. The van der Waals surface area contributed by atoms with Gasteiger partial charge in [0.25, 0.3) is 0 Å². The Balaban J connectivity index is 1.27. The number of rotatable bonds is 5. The maximum absolute atomic E-state index is 12.7. The minimum Gasteiger partial charge on any atom is -0.444 e. The van der Waals surface area contributed by atoms with Gasteiger partial charge >= 0.3 is 6.09 Å². The molecule has 3 atom stereocenters. The summed E-state index contributed by atoms with van der Waals surface area (Å²) >= 11 is 7.95. The predicted molar refractivity (Wildman–Crippen MR) is 163 cm³/mol. The summed E-state index contributed by atoms with van der Waals surface area (Å²) in [4.78, 5) is 37.9. The number of nitriles is 1. The molecule has 0 spiro atoms. The van der Waals surface area contributed by atoms with Crippen LogP contribution < -0.4 is 4.90 Å². The molecule has 14 heteroatoms. The number of halogens is 1. The molecule has 0 N–H and O–H groups in total. The number of carbonyl (C=O) groups excluding carboxylic acids is 1. The zero-order chi connectivity index (χ0) is 30.7. The number of thiophene rings is 1. The molecule has 43 heavy (non-hydrogen) atoms. The van der Waals surface area contributed by atoms with Crippen molar-refractivity contribution in [3.8, 4) is 17.6 Å². The third-order valence-corrected chi connectivity index (χ3v) is 9.41.